The van der Waals surface area contributed by atoms with Gasteiger partial charge in [-0.1, -0.05) is 35.9 Å². The number of hydrogen-bond donors (Lipinski definition) is 1. The monoisotopic (exact) mass is 263 g/mol. The summed E-state index contributed by atoms with van der Waals surface area (Å²) in [5, 5.41) is 0. The molecule has 4 heteroatoms. The van der Waals surface area contributed by atoms with Gasteiger partial charge in [0.15, 0.2) is 17.4 Å². The summed E-state index contributed by atoms with van der Waals surface area (Å²) in [6.45, 7) is 1.97. The first-order valence-electron chi connectivity index (χ1n) is 5.97. The minimum atomic E-state index is -0.726. The standard InChI is InChI=1S/C15H15F2NO/c1-10-4-2-5-11(8-10)14(18)9-19-15-12(16)6-3-7-13(15)17/h2-8,14H,9,18H2,1H3. The van der Waals surface area contributed by atoms with E-state index < -0.39 is 17.7 Å². The van der Waals surface area contributed by atoms with Crippen LogP contribution in [0.3, 0.4) is 0 Å². The molecular weight excluding hydrogens is 248 g/mol. The summed E-state index contributed by atoms with van der Waals surface area (Å²) >= 11 is 0. The highest BCUT2D eigenvalue weighted by Gasteiger charge is 2.12. The number of nitrogens with two attached hydrogens (primary N) is 1. The zero-order valence-electron chi connectivity index (χ0n) is 10.6. The molecule has 0 spiro atoms. The first kappa shape index (κ1) is 13.5. The molecule has 0 radical (unpaired) electrons. The Bertz CT molecular complexity index is 552. The molecule has 0 aliphatic heterocycles. The Kier molecular flexibility index (Phi) is 4.12. The number of halogens is 2. The molecule has 0 amide bonds. The van der Waals surface area contributed by atoms with E-state index in [0.717, 1.165) is 23.3 Å². The highest BCUT2D eigenvalue weighted by Crippen LogP contribution is 2.22. The van der Waals surface area contributed by atoms with Gasteiger partial charge in [0, 0.05) is 0 Å². The molecule has 0 bridgehead atoms. The van der Waals surface area contributed by atoms with Crippen LogP contribution in [-0.4, -0.2) is 6.61 Å². The van der Waals surface area contributed by atoms with Gasteiger partial charge in [-0.05, 0) is 24.6 Å². The van der Waals surface area contributed by atoms with Crippen LogP contribution in [0.5, 0.6) is 5.75 Å². The van der Waals surface area contributed by atoms with E-state index in [0.29, 0.717) is 0 Å². The average Bonchev–Trinajstić information content (AvgIpc) is 2.38. The predicted octanol–water partition coefficient (Wildman–Crippen LogP) is 3.35. The lowest BCUT2D eigenvalue weighted by Gasteiger charge is -2.14. The van der Waals surface area contributed by atoms with Crippen molar-refractivity contribution in [2.24, 2.45) is 5.73 Å². The van der Waals surface area contributed by atoms with Crippen molar-refractivity contribution in [1.82, 2.24) is 0 Å². The topological polar surface area (TPSA) is 35.2 Å². The molecule has 2 nitrogen and oxygen atoms in total. The largest absolute Gasteiger partial charge is 0.486 e. The van der Waals surface area contributed by atoms with Gasteiger partial charge in [0.1, 0.15) is 6.61 Å². The Hall–Kier alpha value is -1.94. The van der Waals surface area contributed by atoms with Crippen molar-refractivity contribution in [1.29, 1.82) is 0 Å². The van der Waals surface area contributed by atoms with Crippen LogP contribution in [0.15, 0.2) is 42.5 Å². The van der Waals surface area contributed by atoms with Gasteiger partial charge in [-0.3, -0.25) is 0 Å². The van der Waals surface area contributed by atoms with Crippen LogP contribution in [-0.2, 0) is 0 Å². The summed E-state index contributed by atoms with van der Waals surface area (Å²) in [5.41, 5.74) is 7.89. The van der Waals surface area contributed by atoms with Gasteiger partial charge in [-0.15, -0.1) is 0 Å². The fourth-order valence-corrected chi connectivity index (χ4v) is 1.79. The Morgan fingerprint density at radius 1 is 1.11 bits per heavy atom. The lowest BCUT2D eigenvalue weighted by Crippen LogP contribution is -2.19. The second kappa shape index (κ2) is 5.80. The second-order valence-electron chi connectivity index (χ2n) is 4.38. The van der Waals surface area contributed by atoms with Crippen molar-refractivity contribution in [3.63, 3.8) is 0 Å². The maximum atomic E-state index is 13.4. The molecule has 0 saturated carbocycles. The summed E-state index contributed by atoms with van der Waals surface area (Å²) in [6, 6.07) is 10.8. The summed E-state index contributed by atoms with van der Waals surface area (Å²) in [5.74, 6) is -1.83. The highest BCUT2D eigenvalue weighted by atomic mass is 19.1. The predicted molar refractivity (Wildman–Crippen MR) is 70.0 cm³/mol. The molecule has 0 aromatic heterocycles. The lowest BCUT2D eigenvalue weighted by atomic mass is 10.1. The minimum Gasteiger partial charge on any atom is -0.486 e. The Balaban J connectivity index is 2.06. The number of rotatable bonds is 4. The van der Waals surface area contributed by atoms with Crippen LogP contribution in [0.1, 0.15) is 17.2 Å². The third kappa shape index (κ3) is 3.29. The molecule has 19 heavy (non-hydrogen) atoms. The summed E-state index contributed by atoms with van der Waals surface area (Å²) in [4.78, 5) is 0. The van der Waals surface area contributed by atoms with E-state index in [2.05, 4.69) is 0 Å². The van der Waals surface area contributed by atoms with Crippen molar-refractivity contribution >= 4 is 0 Å². The Morgan fingerprint density at radius 3 is 2.37 bits per heavy atom. The first-order chi connectivity index (χ1) is 9.08. The van der Waals surface area contributed by atoms with Crippen LogP contribution in [0, 0.1) is 18.6 Å². The van der Waals surface area contributed by atoms with Gasteiger partial charge in [-0.2, -0.15) is 0 Å². The molecule has 0 aliphatic carbocycles. The zero-order chi connectivity index (χ0) is 13.8. The van der Waals surface area contributed by atoms with E-state index in [1.807, 2.05) is 31.2 Å². The molecule has 100 valence electrons. The molecule has 1 unspecified atom stereocenters. The van der Waals surface area contributed by atoms with E-state index in [-0.39, 0.29) is 12.4 Å². The molecular formula is C15H15F2NO. The molecule has 0 fully saturated rings. The van der Waals surface area contributed by atoms with Crippen molar-refractivity contribution in [2.45, 2.75) is 13.0 Å². The number of hydrogen-bond acceptors (Lipinski definition) is 2. The third-order valence-corrected chi connectivity index (χ3v) is 2.80. The SMILES string of the molecule is Cc1cccc(C(N)COc2c(F)cccc2F)c1. The quantitative estimate of drug-likeness (QED) is 0.918. The van der Waals surface area contributed by atoms with Crippen LogP contribution in [0.4, 0.5) is 8.78 Å². The molecule has 0 aliphatic rings. The number of benzene rings is 2. The summed E-state index contributed by atoms with van der Waals surface area (Å²) < 4.78 is 31.9. The van der Waals surface area contributed by atoms with Gasteiger partial charge in [0.25, 0.3) is 0 Å². The molecule has 2 aromatic rings. The average molecular weight is 263 g/mol. The molecule has 0 saturated heterocycles. The molecule has 0 heterocycles. The van der Waals surface area contributed by atoms with E-state index in [9.17, 15) is 8.78 Å². The van der Waals surface area contributed by atoms with Crippen molar-refractivity contribution in [3.8, 4) is 5.75 Å². The highest BCUT2D eigenvalue weighted by molar-refractivity contribution is 5.27. The van der Waals surface area contributed by atoms with Gasteiger partial charge in [0.2, 0.25) is 0 Å². The maximum Gasteiger partial charge on any atom is 0.190 e. The molecule has 2 N–H and O–H groups in total. The van der Waals surface area contributed by atoms with Crippen LogP contribution < -0.4 is 10.5 Å². The zero-order valence-corrected chi connectivity index (χ0v) is 10.6. The van der Waals surface area contributed by atoms with E-state index in [1.165, 1.54) is 6.07 Å². The van der Waals surface area contributed by atoms with Gasteiger partial charge in [-0.25, -0.2) is 8.78 Å². The van der Waals surface area contributed by atoms with Crippen molar-refractivity contribution < 1.29 is 13.5 Å². The van der Waals surface area contributed by atoms with Crippen LogP contribution >= 0.6 is 0 Å². The van der Waals surface area contributed by atoms with Crippen molar-refractivity contribution in [2.75, 3.05) is 6.61 Å². The number of para-hydroxylation sites is 1. The molecule has 2 rings (SSSR count). The van der Waals surface area contributed by atoms with Crippen LogP contribution in [0.2, 0.25) is 0 Å². The first-order valence-corrected chi connectivity index (χ1v) is 5.97. The van der Waals surface area contributed by atoms with E-state index in [4.69, 9.17) is 10.5 Å². The van der Waals surface area contributed by atoms with E-state index >= 15 is 0 Å². The summed E-state index contributed by atoms with van der Waals surface area (Å²) in [7, 11) is 0. The van der Waals surface area contributed by atoms with Gasteiger partial charge in [0.05, 0.1) is 6.04 Å². The number of ether oxygens (including phenoxy) is 1. The van der Waals surface area contributed by atoms with E-state index in [1.54, 1.807) is 0 Å². The van der Waals surface area contributed by atoms with Gasteiger partial charge >= 0.3 is 0 Å². The lowest BCUT2D eigenvalue weighted by molar-refractivity contribution is 0.263. The molecule has 2 aromatic carbocycles. The fraction of sp³-hybridized carbons (Fsp3) is 0.200. The maximum absolute atomic E-state index is 13.4. The Labute approximate surface area is 110 Å². The van der Waals surface area contributed by atoms with Crippen molar-refractivity contribution in [3.05, 3.63) is 65.2 Å². The Morgan fingerprint density at radius 2 is 1.74 bits per heavy atom. The second-order valence-corrected chi connectivity index (χ2v) is 4.38. The number of aryl methyl sites for hydroxylation is 1. The van der Waals surface area contributed by atoms with Gasteiger partial charge < -0.3 is 10.5 Å². The fourth-order valence-electron chi connectivity index (χ4n) is 1.79. The van der Waals surface area contributed by atoms with Crippen LogP contribution in [0.25, 0.3) is 0 Å². The minimum absolute atomic E-state index is 0.0152. The smallest absolute Gasteiger partial charge is 0.190 e. The normalized spacial score (nSPS) is 12.2. The third-order valence-electron chi connectivity index (χ3n) is 2.80. The molecule has 1 atom stereocenters. The summed E-state index contributed by atoms with van der Waals surface area (Å²) in [6.07, 6.45) is 0.